The van der Waals surface area contributed by atoms with Crippen LogP contribution in [0.1, 0.15) is 71.6 Å². The maximum atomic E-state index is 12.9. The van der Waals surface area contributed by atoms with Crippen molar-refractivity contribution in [3.63, 3.8) is 0 Å². The van der Waals surface area contributed by atoms with Crippen molar-refractivity contribution in [2.45, 2.75) is 133 Å². The molecule has 51 heavy (non-hydrogen) atoms. The van der Waals surface area contributed by atoms with Gasteiger partial charge in [-0.3, -0.25) is 28.9 Å². The Labute approximate surface area is 294 Å². The smallest absolute Gasteiger partial charge is 0.333 e. The fraction of sp³-hybridized carbons (Fsp3) is 0.812. The van der Waals surface area contributed by atoms with E-state index in [0.29, 0.717) is 5.06 Å². The van der Waals surface area contributed by atoms with Gasteiger partial charge in [0, 0.05) is 38.5 Å². The Hall–Kier alpha value is -2.82. The quantitative estimate of drug-likeness (QED) is 0.0507. The highest BCUT2D eigenvalue weighted by Crippen LogP contribution is 2.23. The number of imide groups is 1. The molecule has 0 spiro atoms. The van der Waals surface area contributed by atoms with Crippen LogP contribution in [0, 0.1) is 0 Å². The third-order valence-corrected chi connectivity index (χ3v) is 8.62. The van der Waals surface area contributed by atoms with E-state index in [2.05, 4.69) is 0 Å². The van der Waals surface area contributed by atoms with E-state index in [0.717, 1.165) is 0 Å². The Morgan fingerprint density at radius 1 is 0.627 bits per heavy atom. The van der Waals surface area contributed by atoms with E-state index in [1.54, 1.807) is 0 Å². The number of amides is 2. The van der Waals surface area contributed by atoms with E-state index in [1.807, 2.05) is 0 Å². The number of rotatable bonds is 21. The number of hydrogen-bond acceptors (Lipinski definition) is 18. The average molecular weight is 735 g/mol. The molecular formula is C32H50N2O17. The monoisotopic (exact) mass is 734 g/mol. The molecule has 19 nitrogen and oxygen atoms in total. The molecule has 3 fully saturated rings. The van der Waals surface area contributed by atoms with E-state index < -0.39 is 79.2 Å². The van der Waals surface area contributed by atoms with Gasteiger partial charge in [-0.25, -0.2) is 4.79 Å². The lowest BCUT2D eigenvalue weighted by molar-refractivity contribution is -0.293. The van der Waals surface area contributed by atoms with Crippen LogP contribution in [0.4, 0.5) is 0 Å². The Bertz CT molecular complexity index is 1150. The Morgan fingerprint density at radius 2 is 1.02 bits per heavy atom. The minimum atomic E-state index is -1.50. The summed E-state index contributed by atoms with van der Waals surface area (Å²) >= 11 is 0. The highest BCUT2D eigenvalue weighted by atomic mass is 16.7. The van der Waals surface area contributed by atoms with Gasteiger partial charge in [0.05, 0.1) is 45.1 Å². The minimum Gasteiger partial charge on any atom is -0.388 e. The van der Waals surface area contributed by atoms with Crippen LogP contribution in [0.15, 0.2) is 0 Å². The average Bonchev–Trinajstić information content (AvgIpc) is 3.39. The first-order valence-electron chi connectivity index (χ1n) is 17.1. The number of ether oxygens (including phenoxy) is 4. The topological polar surface area (TPSA) is 276 Å². The molecular weight excluding hydrogens is 684 g/mol. The number of Topliss-reactive ketones (excluding diaryl/α,β-unsaturated/α-hetero) is 3. The van der Waals surface area contributed by atoms with E-state index in [9.17, 15) is 59.4 Å². The molecule has 3 rings (SSSR count). The first kappa shape index (κ1) is 42.6. The summed E-state index contributed by atoms with van der Waals surface area (Å²) in [4.78, 5) is 80.0. The molecule has 3 aliphatic rings. The van der Waals surface area contributed by atoms with Gasteiger partial charge in [0.25, 0.3) is 11.8 Å². The second kappa shape index (κ2) is 20.4. The maximum absolute atomic E-state index is 12.9. The second-order valence-electron chi connectivity index (χ2n) is 13.0. The van der Waals surface area contributed by atoms with Crippen LogP contribution >= 0.6 is 0 Å². The predicted molar refractivity (Wildman–Crippen MR) is 168 cm³/mol. The van der Waals surface area contributed by atoms with Crippen molar-refractivity contribution in [1.29, 1.82) is 0 Å². The summed E-state index contributed by atoms with van der Waals surface area (Å²) in [5.74, 6) is -3.19. The first-order chi connectivity index (χ1) is 24.1. The molecule has 0 aromatic rings. The molecule has 0 unspecified atom stereocenters. The van der Waals surface area contributed by atoms with Crippen LogP contribution in [-0.4, -0.2) is 170 Å². The number of aliphatic hydroxyl groups excluding tert-OH is 6. The Balaban J connectivity index is 1.46. The zero-order chi connectivity index (χ0) is 37.8. The standard InChI is InChI=1S/C32H50N2O17/c1-17-25(41)27(43)29(45)31(49-17)47-12-4-7-20(36)15-33(14-19(35)6-3-9-24(40)51-34-22(38)10-11-23(34)39)16-21(37)8-5-13-48-32-30(46)28(44)26(42)18(2)50-32/h17-18,25-32,41-46H,3-16H2,1-2H3/t17-,18-,25+,26+,27+,28+,29-,30-,31+,32+/m0/s1. The van der Waals surface area contributed by atoms with Crippen LogP contribution in [0.2, 0.25) is 0 Å². The summed E-state index contributed by atoms with van der Waals surface area (Å²) in [6.45, 7) is 2.06. The van der Waals surface area contributed by atoms with Gasteiger partial charge in [-0.15, -0.1) is 5.06 Å². The molecule has 0 aromatic carbocycles. The number of carbonyl (C=O) groups excluding carboxylic acids is 6. The van der Waals surface area contributed by atoms with E-state index in [-0.39, 0.29) is 108 Å². The number of hydroxylamine groups is 2. The zero-order valence-electron chi connectivity index (χ0n) is 28.7. The van der Waals surface area contributed by atoms with Gasteiger partial charge in [0.2, 0.25) is 0 Å². The SMILES string of the molecule is C[C@@H]1O[C@@H](OCCCC(=O)CN(CC(=O)CCCO[C@@H]2O[C@@H](C)[C@@H](O)[C@@H](O)[C@@H]2O)CC(=O)CCCC(=O)ON2C(=O)CCC2=O)[C@@H](O)[C@H](O)[C@@H]1O. The van der Waals surface area contributed by atoms with Gasteiger partial charge in [0.15, 0.2) is 12.6 Å². The lowest BCUT2D eigenvalue weighted by Gasteiger charge is -2.38. The molecule has 290 valence electrons. The van der Waals surface area contributed by atoms with Crippen LogP contribution in [0.5, 0.6) is 0 Å². The van der Waals surface area contributed by atoms with Crippen molar-refractivity contribution in [2.24, 2.45) is 0 Å². The van der Waals surface area contributed by atoms with Crippen LogP contribution in [0.3, 0.4) is 0 Å². The van der Waals surface area contributed by atoms with Crippen molar-refractivity contribution in [3.8, 4) is 0 Å². The number of hydrogen-bond donors (Lipinski definition) is 6. The molecule has 0 aromatic heterocycles. The summed E-state index contributed by atoms with van der Waals surface area (Å²) < 4.78 is 21.6. The third kappa shape index (κ3) is 13.0. The lowest BCUT2D eigenvalue weighted by Crippen LogP contribution is -2.57. The Morgan fingerprint density at radius 3 is 1.43 bits per heavy atom. The van der Waals surface area contributed by atoms with Crippen LogP contribution in [-0.2, 0) is 52.6 Å². The molecule has 0 aliphatic carbocycles. The molecule has 10 atom stereocenters. The summed E-state index contributed by atoms with van der Waals surface area (Å²) in [5.41, 5.74) is 0. The van der Waals surface area contributed by atoms with Gasteiger partial charge in [-0.2, -0.15) is 0 Å². The summed E-state index contributed by atoms with van der Waals surface area (Å²) in [7, 11) is 0. The predicted octanol–water partition coefficient (Wildman–Crippen LogP) is -2.98. The molecule has 0 saturated carbocycles. The van der Waals surface area contributed by atoms with Gasteiger partial charge in [0.1, 0.15) is 54.0 Å². The molecule has 3 heterocycles. The van der Waals surface area contributed by atoms with Gasteiger partial charge in [-0.1, -0.05) is 0 Å². The van der Waals surface area contributed by atoms with Crippen LogP contribution in [0.25, 0.3) is 0 Å². The van der Waals surface area contributed by atoms with E-state index in [1.165, 1.54) is 18.7 Å². The number of carbonyl (C=O) groups is 6. The fourth-order valence-electron chi connectivity index (χ4n) is 5.63. The molecule has 0 bridgehead atoms. The molecule has 3 saturated heterocycles. The largest absolute Gasteiger partial charge is 0.388 e. The normalized spacial score (nSPS) is 31.3. The number of aliphatic hydroxyl groups is 6. The second-order valence-corrected chi connectivity index (χ2v) is 13.0. The van der Waals surface area contributed by atoms with Crippen molar-refractivity contribution < 1.29 is 83.2 Å². The van der Waals surface area contributed by atoms with Gasteiger partial charge in [-0.05, 0) is 33.1 Å². The van der Waals surface area contributed by atoms with Gasteiger partial charge < -0.3 is 54.4 Å². The van der Waals surface area contributed by atoms with Crippen LogP contribution < -0.4 is 0 Å². The highest BCUT2D eigenvalue weighted by Gasteiger charge is 2.43. The van der Waals surface area contributed by atoms with Crippen molar-refractivity contribution in [2.75, 3.05) is 32.8 Å². The lowest BCUT2D eigenvalue weighted by atomic mass is 10.00. The van der Waals surface area contributed by atoms with Gasteiger partial charge >= 0.3 is 5.97 Å². The summed E-state index contributed by atoms with van der Waals surface area (Å²) in [6, 6.07) is 0. The van der Waals surface area contributed by atoms with E-state index in [4.69, 9.17) is 23.8 Å². The zero-order valence-corrected chi connectivity index (χ0v) is 28.7. The maximum Gasteiger partial charge on any atom is 0.333 e. The van der Waals surface area contributed by atoms with Crippen molar-refractivity contribution in [3.05, 3.63) is 0 Å². The highest BCUT2D eigenvalue weighted by molar-refractivity contribution is 6.01. The molecule has 19 heteroatoms. The van der Waals surface area contributed by atoms with Crippen molar-refractivity contribution >= 4 is 35.1 Å². The number of nitrogens with zero attached hydrogens (tertiary/aromatic N) is 2. The summed E-state index contributed by atoms with van der Waals surface area (Å²) in [6.07, 6.45) is -12.8. The molecule has 3 aliphatic heterocycles. The Kier molecular flexibility index (Phi) is 17.1. The molecule has 0 radical (unpaired) electrons. The molecule has 6 N–H and O–H groups in total. The first-order valence-corrected chi connectivity index (χ1v) is 17.1. The third-order valence-electron chi connectivity index (χ3n) is 8.62. The van der Waals surface area contributed by atoms with Crippen molar-refractivity contribution in [1.82, 2.24) is 9.96 Å². The fourth-order valence-corrected chi connectivity index (χ4v) is 5.63. The number of ketones is 3. The molecule has 2 amide bonds. The minimum absolute atomic E-state index is 0.0250. The van der Waals surface area contributed by atoms with E-state index >= 15 is 0 Å². The summed E-state index contributed by atoms with van der Waals surface area (Å²) in [5, 5.41) is 60.1.